The number of fused-ring (bicyclic) bond motifs is 1. The van der Waals surface area contributed by atoms with Gasteiger partial charge in [-0.05, 0) is 54.1 Å². The van der Waals surface area contributed by atoms with Gasteiger partial charge < -0.3 is 14.5 Å². The van der Waals surface area contributed by atoms with E-state index in [1.807, 2.05) is 0 Å². The van der Waals surface area contributed by atoms with E-state index in [1.165, 1.54) is 43.7 Å². The van der Waals surface area contributed by atoms with E-state index in [0.29, 0.717) is 42.7 Å². The number of non-ortho nitro benzene ring substituents is 1. The molecule has 216 valence electrons. The smallest absolute Gasteiger partial charge is 0.343 e. The fourth-order valence-corrected chi connectivity index (χ4v) is 5.05. The number of rotatable bonds is 8. The molecule has 0 spiro atoms. The number of esters is 1. The zero-order valence-electron chi connectivity index (χ0n) is 22.1. The molecule has 0 aliphatic carbocycles. The van der Waals surface area contributed by atoms with Crippen molar-refractivity contribution in [3.05, 3.63) is 121 Å². The summed E-state index contributed by atoms with van der Waals surface area (Å²) in [6, 6.07) is 20.0. The van der Waals surface area contributed by atoms with Crippen LogP contribution in [0.3, 0.4) is 0 Å². The summed E-state index contributed by atoms with van der Waals surface area (Å²) in [5.74, 6) is -0.954. The molecule has 1 amide bonds. The monoisotopic (exact) mass is 636 g/mol. The second kappa shape index (κ2) is 12.5. The van der Waals surface area contributed by atoms with Gasteiger partial charge in [0.25, 0.3) is 11.6 Å². The number of methoxy groups -OCH3 is 1. The van der Waals surface area contributed by atoms with Crippen molar-refractivity contribution in [3.8, 4) is 22.6 Å². The minimum atomic E-state index is -0.726. The Morgan fingerprint density at radius 1 is 0.953 bits per heavy atom. The highest BCUT2D eigenvalue weighted by Gasteiger charge is 2.22. The molecule has 0 unspecified atom stereocenters. The van der Waals surface area contributed by atoms with E-state index in [-0.39, 0.29) is 28.4 Å². The Hall–Kier alpha value is -4.90. The number of hydrogen-bond donors (Lipinski definition) is 2. The van der Waals surface area contributed by atoms with Gasteiger partial charge in [-0.15, -0.1) is 0 Å². The molecule has 5 rings (SSSR count). The lowest BCUT2D eigenvalue weighted by atomic mass is 10.0. The molecule has 0 aliphatic heterocycles. The lowest BCUT2D eigenvalue weighted by Gasteiger charge is -2.10. The minimum absolute atomic E-state index is 0.116. The number of amides is 1. The summed E-state index contributed by atoms with van der Waals surface area (Å²) in [5.41, 5.74) is 4.79. The third-order valence-corrected chi connectivity index (χ3v) is 7.12. The van der Waals surface area contributed by atoms with Crippen LogP contribution < -0.4 is 14.9 Å². The van der Waals surface area contributed by atoms with Gasteiger partial charge in [0.05, 0.1) is 34.4 Å². The Morgan fingerprint density at radius 2 is 1.70 bits per heavy atom. The zero-order valence-corrected chi connectivity index (χ0v) is 24.3. The van der Waals surface area contributed by atoms with E-state index in [4.69, 9.17) is 44.3 Å². The van der Waals surface area contributed by atoms with Crippen LogP contribution in [0.2, 0.25) is 15.1 Å². The molecule has 0 saturated heterocycles. The zero-order chi connectivity index (χ0) is 30.7. The molecule has 1 aromatic heterocycles. The Morgan fingerprint density at radius 3 is 2.40 bits per heavy atom. The SMILES string of the molecule is COc1cc(C=NNC(=O)c2[nH]c3c(Cl)cc(Cl)cc3c2-c2ccccc2Cl)ccc1OC(=O)c1ccc([N+](=O)[O-])cc1. The van der Waals surface area contributed by atoms with Gasteiger partial charge >= 0.3 is 5.97 Å². The molecule has 10 nitrogen and oxygen atoms in total. The third-order valence-electron chi connectivity index (χ3n) is 6.28. The number of hydrazone groups is 1. The van der Waals surface area contributed by atoms with Crippen molar-refractivity contribution < 1.29 is 24.0 Å². The number of nitrogens with zero attached hydrogens (tertiary/aromatic N) is 2. The second-order valence-electron chi connectivity index (χ2n) is 8.97. The molecule has 0 atom stereocenters. The van der Waals surface area contributed by atoms with Crippen LogP contribution in [0, 0.1) is 10.1 Å². The first-order valence-electron chi connectivity index (χ1n) is 12.4. The normalized spacial score (nSPS) is 11.1. The molecule has 5 aromatic rings. The van der Waals surface area contributed by atoms with E-state index in [9.17, 15) is 19.7 Å². The lowest BCUT2D eigenvalue weighted by Crippen LogP contribution is -2.19. The first-order chi connectivity index (χ1) is 20.7. The number of ether oxygens (including phenoxy) is 2. The topological polar surface area (TPSA) is 136 Å². The maximum absolute atomic E-state index is 13.3. The molecule has 4 aromatic carbocycles. The van der Waals surface area contributed by atoms with Gasteiger partial charge in [0.1, 0.15) is 5.69 Å². The summed E-state index contributed by atoms with van der Waals surface area (Å²) in [5, 5.41) is 16.7. The van der Waals surface area contributed by atoms with E-state index < -0.39 is 16.8 Å². The summed E-state index contributed by atoms with van der Waals surface area (Å²) < 4.78 is 10.8. The highest BCUT2D eigenvalue weighted by Crippen LogP contribution is 2.40. The van der Waals surface area contributed by atoms with E-state index in [1.54, 1.807) is 48.5 Å². The Balaban J connectivity index is 1.36. The van der Waals surface area contributed by atoms with Crippen LogP contribution in [0.5, 0.6) is 11.5 Å². The van der Waals surface area contributed by atoms with Crippen LogP contribution in [-0.4, -0.2) is 35.1 Å². The van der Waals surface area contributed by atoms with Gasteiger partial charge in [-0.3, -0.25) is 14.9 Å². The van der Waals surface area contributed by atoms with E-state index in [0.717, 1.165) is 0 Å². The molecular formula is C30H19Cl3N4O6. The van der Waals surface area contributed by atoms with Gasteiger partial charge in [-0.25, -0.2) is 10.2 Å². The Kier molecular flexibility index (Phi) is 8.63. The molecular weight excluding hydrogens is 619 g/mol. The van der Waals surface area contributed by atoms with Crippen LogP contribution in [0.25, 0.3) is 22.0 Å². The number of nitrogens with one attached hydrogen (secondary N) is 2. The second-order valence-corrected chi connectivity index (χ2v) is 10.2. The van der Waals surface area contributed by atoms with Crippen molar-refractivity contribution in [2.45, 2.75) is 0 Å². The van der Waals surface area contributed by atoms with Gasteiger partial charge in [0.15, 0.2) is 11.5 Å². The number of benzene rings is 4. The van der Waals surface area contributed by atoms with Crippen molar-refractivity contribution in [1.82, 2.24) is 10.4 Å². The molecule has 13 heteroatoms. The maximum Gasteiger partial charge on any atom is 0.343 e. The van der Waals surface area contributed by atoms with Crippen LogP contribution in [0.1, 0.15) is 26.4 Å². The van der Waals surface area contributed by atoms with Crippen molar-refractivity contribution in [1.29, 1.82) is 0 Å². The van der Waals surface area contributed by atoms with Gasteiger partial charge in [-0.2, -0.15) is 5.10 Å². The van der Waals surface area contributed by atoms with Crippen molar-refractivity contribution in [2.75, 3.05) is 7.11 Å². The quantitative estimate of drug-likeness (QED) is 0.0588. The molecule has 2 N–H and O–H groups in total. The van der Waals surface area contributed by atoms with Crippen molar-refractivity contribution in [2.24, 2.45) is 5.10 Å². The van der Waals surface area contributed by atoms with Gasteiger partial charge in [0.2, 0.25) is 0 Å². The number of carbonyl (C=O) groups is 2. The maximum atomic E-state index is 13.3. The number of nitro groups is 1. The van der Waals surface area contributed by atoms with E-state index >= 15 is 0 Å². The average molecular weight is 638 g/mol. The van der Waals surface area contributed by atoms with Crippen LogP contribution >= 0.6 is 34.8 Å². The summed E-state index contributed by atoms with van der Waals surface area (Å²) >= 11 is 19.1. The summed E-state index contributed by atoms with van der Waals surface area (Å²) in [6.45, 7) is 0. The van der Waals surface area contributed by atoms with E-state index in [2.05, 4.69) is 15.5 Å². The van der Waals surface area contributed by atoms with Gasteiger partial charge in [-0.1, -0.05) is 53.0 Å². The molecule has 0 aliphatic rings. The molecule has 1 heterocycles. The third kappa shape index (κ3) is 6.31. The highest BCUT2D eigenvalue weighted by atomic mass is 35.5. The number of aromatic amines is 1. The number of nitro benzene ring substituents is 1. The van der Waals surface area contributed by atoms with Crippen LogP contribution in [0.4, 0.5) is 5.69 Å². The van der Waals surface area contributed by atoms with Gasteiger partial charge in [0, 0.05) is 38.7 Å². The number of carbonyl (C=O) groups excluding carboxylic acids is 2. The highest BCUT2D eigenvalue weighted by molar-refractivity contribution is 6.39. The van der Waals surface area contributed by atoms with Crippen LogP contribution in [0.15, 0.2) is 84.0 Å². The molecule has 0 bridgehead atoms. The van der Waals surface area contributed by atoms with Crippen molar-refractivity contribution in [3.63, 3.8) is 0 Å². The standard InChI is InChI=1S/C30H19Cl3N4O6/c1-42-25-12-16(6-11-24(25)43-30(39)17-7-9-19(10-8-17)37(40)41)15-34-36-29(38)28-26(20-4-2-3-5-22(20)32)21-13-18(31)14-23(33)27(21)35-28/h2-15,35H,1H3,(H,36,38). The number of aromatic nitrogens is 1. The first kappa shape index (κ1) is 29.6. The van der Waals surface area contributed by atoms with Crippen molar-refractivity contribution >= 4 is 69.5 Å². The van der Waals surface area contributed by atoms with Crippen LogP contribution in [-0.2, 0) is 0 Å². The fourth-order valence-electron chi connectivity index (χ4n) is 4.28. The molecule has 43 heavy (non-hydrogen) atoms. The largest absolute Gasteiger partial charge is 0.493 e. The molecule has 0 fully saturated rings. The Labute approximate surface area is 258 Å². The predicted octanol–water partition coefficient (Wildman–Crippen LogP) is 7.70. The average Bonchev–Trinajstić information content (AvgIpc) is 3.37. The lowest BCUT2D eigenvalue weighted by molar-refractivity contribution is -0.384. The Bertz CT molecular complexity index is 1920. The molecule has 0 saturated carbocycles. The number of hydrogen-bond acceptors (Lipinski definition) is 7. The predicted molar refractivity (Wildman–Crippen MR) is 165 cm³/mol. The number of H-pyrrole nitrogens is 1. The fraction of sp³-hybridized carbons (Fsp3) is 0.0333. The minimum Gasteiger partial charge on any atom is -0.493 e. The summed E-state index contributed by atoms with van der Waals surface area (Å²) in [4.78, 5) is 39.2. The summed E-state index contributed by atoms with van der Waals surface area (Å²) in [6.07, 6.45) is 1.38. The first-order valence-corrected chi connectivity index (χ1v) is 13.5. The number of halogens is 3. The summed E-state index contributed by atoms with van der Waals surface area (Å²) in [7, 11) is 1.39. The molecule has 0 radical (unpaired) electrons.